The van der Waals surface area contributed by atoms with Gasteiger partial charge in [0, 0.05) is 0 Å². The summed E-state index contributed by atoms with van der Waals surface area (Å²) in [6, 6.07) is 11.5. The van der Waals surface area contributed by atoms with Crippen molar-refractivity contribution in [2.24, 2.45) is 4.99 Å². The SMILES string of the molecule is CCOC(=O)C1=C(C)N=c2s/c(=C/c3cccc(F)c3)c(=O)n2[C@H]1c1ccc(O)cc1. The zero-order chi connectivity index (χ0) is 22.1. The van der Waals surface area contributed by atoms with E-state index in [0.717, 1.165) is 0 Å². The van der Waals surface area contributed by atoms with Gasteiger partial charge in [-0.25, -0.2) is 14.2 Å². The molecule has 1 aromatic heterocycles. The maximum absolute atomic E-state index is 13.6. The largest absolute Gasteiger partial charge is 0.508 e. The summed E-state index contributed by atoms with van der Waals surface area (Å²) in [6.07, 6.45) is 1.60. The molecule has 0 fully saturated rings. The summed E-state index contributed by atoms with van der Waals surface area (Å²) in [4.78, 5) is 31.0. The van der Waals surface area contributed by atoms with Gasteiger partial charge in [0.05, 0.1) is 28.5 Å². The molecule has 8 heteroatoms. The lowest BCUT2D eigenvalue weighted by atomic mass is 9.96. The Labute approximate surface area is 180 Å². The van der Waals surface area contributed by atoms with Gasteiger partial charge in [0.2, 0.25) is 0 Å². The minimum atomic E-state index is -0.759. The molecule has 0 amide bonds. The number of carbonyl (C=O) groups excluding carboxylic acids is 1. The van der Waals surface area contributed by atoms with Gasteiger partial charge in [-0.2, -0.15) is 0 Å². The van der Waals surface area contributed by atoms with Crippen molar-refractivity contribution in [3.8, 4) is 5.75 Å². The van der Waals surface area contributed by atoms with E-state index in [4.69, 9.17) is 4.74 Å². The topological polar surface area (TPSA) is 80.9 Å². The summed E-state index contributed by atoms with van der Waals surface area (Å²) in [7, 11) is 0. The van der Waals surface area contributed by atoms with Crippen molar-refractivity contribution < 1.29 is 19.0 Å². The molecule has 31 heavy (non-hydrogen) atoms. The van der Waals surface area contributed by atoms with E-state index in [2.05, 4.69) is 4.99 Å². The second kappa shape index (κ2) is 8.31. The van der Waals surface area contributed by atoms with Crippen LogP contribution >= 0.6 is 11.3 Å². The number of hydrogen-bond donors (Lipinski definition) is 1. The first kappa shape index (κ1) is 20.7. The maximum Gasteiger partial charge on any atom is 0.338 e. The van der Waals surface area contributed by atoms with Crippen molar-refractivity contribution in [3.05, 3.63) is 96.4 Å². The van der Waals surface area contributed by atoms with Crippen LogP contribution in [0.3, 0.4) is 0 Å². The van der Waals surface area contributed by atoms with Gasteiger partial charge in [-0.3, -0.25) is 9.36 Å². The lowest BCUT2D eigenvalue weighted by Crippen LogP contribution is -2.39. The highest BCUT2D eigenvalue weighted by atomic mass is 32.1. The number of aromatic nitrogens is 1. The average Bonchev–Trinajstić information content (AvgIpc) is 3.02. The fourth-order valence-electron chi connectivity index (χ4n) is 3.51. The molecule has 4 rings (SSSR count). The molecule has 0 radical (unpaired) electrons. The minimum Gasteiger partial charge on any atom is -0.508 e. The van der Waals surface area contributed by atoms with E-state index in [1.807, 2.05) is 0 Å². The zero-order valence-electron chi connectivity index (χ0n) is 16.8. The van der Waals surface area contributed by atoms with Crippen LogP contribution < -0.4 is 14.9 Å². The van der Waals surface area contributed by atoms with E-state index in [1.54, 1.807) is 44.2 Å². The van der Waals surface area contributed by atoms with Crippen molar-refractivity contribution >= 4 is 23.4 Å². The number of rotatable bonds is 4. The number of ether oxygens (including phenoxy) is 1. The van der Waals surface area contributed by atoms with E-state index in [1.165, 1.54) is 40.2 Å². The zero-order valence-corrected chi connectivity index (χ0v) is 17.6. The molecule has 0 saturated heterocycles. The number of hydrogen-bond acceptors (Lipinski definition) is 6. The summed E-state index contributed by atoms with van der Waals surface area (Å²) >= 11 is 1.17. The van der Waals surface area contributed by atoms with Crippen molar-refractivity contribution in [1.82, 2.24) is 4.57 Å². The molecule has 1 atom stereocenters. The van der Waals surface area contributed by atoms with E-state index in [0.29, 0.717) is 26.2 Å². The molecular weight excluding hydrogens is 419 g/mol. The molecule has 2 heterocycles. The Morgan fingerprint density at radius 3 is 2.71 bits per heavy atom. The second-order valence-corrected chi connectivity index (χ2v) is 7.96. The smallest absolute Gasteiger partial charge is 0.338 e. The molecule has 0 saturated carbocycles. The third kappa shape index (κ3) is 3.94. The number of fused-ring (bicyclic) bond motifs is 1. The highest BCUT2D eigenvalue weighted by Gasteiger charge is 2.33. The van der Waals surface area contributed by atoms with Crippen molar-refractivity contribution in [2.75, 3.05) is 6.61 Å². The number of halogens is 1. The van der Waals surface area contributed by atoms with Gasteiger partial charge in [-0.15, -0.1) is 0 Å². The van der Waals surface area contributed by atoms with Crippen LogP contribution in [0.15, 0.2) is 69.6 Å². The third-order valence-corrected chi connectivity index (χ3v) is 5.86. The Kier molecular flexibility index (Phi) is 5.56. The number of allylic oxidation sites excluding steroid dienone is 1. The predicted molar refractivity (Wildman–Crippen MR) is 115 cm³/mol. The third-order valence-electron chi connectivity index (χ3n) is 4.87. The number of aromatic hydroxyl groups is 1. The number of phenols is 1. The summed E-state index contributed by atoms with van der Waals surface area (Å²) in [5.74, 6) is -0.883. The van der Waals surface area contributed by atoms with Gasteiger partial charge in [0.25, 0.3) is 5.56 Å². The average molecular weight is 438 g/mol. The fourth-order valence-corrected chi connectivity index (χ4v) is 4.56. The van der Waals surface area contributed by atoms with Gasteiger partial charge >= 0.3 is 5.97 Å². The van der Waals surface area contributed by atoms with E-state index in [9.17, 15) is 19.1 Å². The molecule has 0 bridgehead atoms. The lowest BCUT2D eigenvalue weighted by molar-refractivity contribution is -0.139. The van der Waals surface area contributed by atoms with Crippen LogP contribution in [-0.2, 0) is 9.53 Å². The van der Waals surface area contributed by atoms with E-state index < -0.39 is 17.8 Å². The lowest BCUT2D eigenvalue weighted by Gasteiger charge is -2.24. The molecule has 6 nitrogen and oxygen atoms in total. The van der Waals surface area contributed by atoms with Gasteiger partial charge in [0.15, 0.2) is 4.80 Å². The van der Waals surface area contributed by atoms with Crippen molar-refractivity contribution in [2.45, 2.75) is 19.9 Å². The number of benzene rings is 2. The molecule has 1 N–H and O–H groups in total. The van der Waals surface area contributed by atoms with Crippen LogP contribution in [0.5, 0.6) is 5.75 Å². The van der Waals surface area contributed by atoms with Crippen molar-refractivity contribution in [1.29, 1.82) is 0 Å². The number of thiazole rings is 1. The first-order chi connectivity index (χ1) is 14.9. The van der Waals surface area contributed by atoms with Gasteiger partial charge < -0.3 is 9.84 Å². The highest BCUT2D eigenvalue weighted by Crippen LogP contribution is 2.31. The Balaban J connectivity index is 1.96. The molecule has 0 aliphatic carbocycles. The summed E-state index contributed by atoms with van der Waals surface area (Å²) in [5, 5.41) is 9.68. The van der Waals surface area contributed by atoms with Gasteiger partial charge in [-0.1, -0.05) is 35.6 Å². The van der Waals surface area contributed by atoms with Gasteiger partial charge in [0.1, 0.15) is 11.6 Å². The molecule has 2 aromatic carbocycles. The van der Waals surface area contributed by atoms with Gasteiger partial charge in [-0.05, 0) is 55.3 Å². The quantitative estimate of drug-likeness (QED) is 0.635. The molecule has 3 aromatic rings. The first-order valence-electron chi connectivity index (χ1n) is 9.63. The van der Waals surface area contributed by atoms with E-state index in [-0.39, 0.29) is 23.5 Å². The van der Waals surface area contributed by atoms with Crippen LogP contribution in [-0.4, -0.2) is 22.2 Å². The number of esters is 1. The number of phenolic OH excluding ortho intramolecular Hbond substituents is 1. The molecule has 1 aliphatic rings. The number of nitrogens with zero attached hydrogens (tertiary/aromatic N) is 2. The molecular formula is C23H19FN2O4S. The first-order valence-corrected chi connectivity index (χ1v) is 10.4. The molecule has 1 aliphatic heterocycles. The minimum absolute atomic E-state index is 0.0700. The standard InChI is InChI=1S/C23H19FN2O4S/c1-3-30-22(29)19-13(2)25-23-26(20(19)15-7-9-17(27)10-8-15)21(28)18(31-23)12-14-5-4-6-16(24)11-14/h4-12,20,27H,3H2,1-2H3/b18-12+/t20-/m0/s1. The Morgan fingerprint density at radius 2 is 2.03 bits per heavy atom. The van der Waals surface area contributed by atoms with Crippen LogP contribution in [0.25, 0.3) is 6.08 Å². The Bertz CT molecular complexity index is 1370. The summed E-state index contributed by atoms with van der Waals surface area (Å²) in [5.41, 5.74) is 1.55. The molecule has 158 valence electrons. The van der Waals surface area contributed by atoms with Crippen LogP contribution in [0.1, 0.15) is 31.0 Å². The second-order valence-electron chi connectivity index (χ2n) is 6.95. The maximum atomic E-state index is 13.6. The fraction of sp³-hybridized carbons (Fsp3) is 0.174. The predicted octanol–water partition coefficient (Wildman–Crippen LogP) is 2.64. The summed E-state index contributed by atoms with van der Waals surface area (Å²) < 4.78 is 20.6. The summed E-state index contributed by atoms with van der Waals surface area (Å²) in [6.45, 7) is 3.59. The van der Waals surface area contributed by atoms with Crippen LogP contribution in [0.2, 0.25) is 0 Å². The normalized spacial score (nSPS) is 16.1. The molecule has 0 unspecified atom stereocenters. The van der Waals surface area contributed by atoms with Crippen molar-refractivity contribution in [3.63, 3.8) is 0 Å². The Hall–Kier alpha value is -3.52. The van der Waals surface area contributed by atoms with Crippen LogP contribution in [0.4, 0.5) is 4.39 Å². The molecule has 0 spiro atoms. The highest BCUT2D eigenvalue weighted by molar-refractivity contribution is 7.07. The Morgan fingerprint density at radius 1 is 1.29 bits per heavy atom. The van der Waals surface area contributed by atoms with E-state index >= 15 is 0 Å². The monoisotopic (exact) mass is 438 g/mol. The number of carbonyl (C=O) groups is 1. The van der Waals surface area contributed by atoms with Crippen LogP contribution in [0, 0.1) is 5.82 Å².